The van der Waals surface area contributed by atoms with Crippen LogP contribution in [0.25, 0.3) is 0 Å². The highest BCUT2D eigenvalue weighted by Crippen LogP contribution is 2.17. The van der Waals surface area contributed by atoms with Gasteiger partial charge in [-0.2, -0.15) is 0 Å². The van der Waals surface area contributed by atoms with E-state index in [1.54, 1.807) is 19.1 Å². The van der Waals surface area contributed by atoms with Gasteiger partial charge in [-0.3, -0.25) is 0 Å². The number of hydrogen-bond acceptors (Lipinski definition) is 4. The van der Waals surface area contributed by atoms with Crippen LogP contribution in [0.2, 0.25) is 0 Å². The minimum atomic E-state index is -0.328. The van der Waals surface area contributed by atoms with Crippen molar-refractivity contribution in [2.75, 3.05) is 27.3 Å². The van der Waals surface area contributed by atoms with Crippen molar-refractivity contribution in [3.05, 3.63) is 35.9 Å². The lowest BCUT2D eigenvalue weighted by Crippen LogP contribution is -2.30. The normalized spacial score (nSPS) is 22.5. The molecular formula is C14H19NO4. The van der Waals surface area contributed by atoms with Crippen LogP contribution in [0.1, 0.15) is 5.56 Å². The quantitative estimate of drug-likeness (QED) is 0.831. The summed E-state index contributed by atoms with van der Waals surface area (Å²) in [5.74, 6) is 0. The molecule has 104 valence electrons. The molecule has 0 aromatic heterocycles. The number of hydrogen-bond donors (Lipinski definition) is 0. The molecule has 0 spiro atoms. The molecule has 1 amide bonds. The van der Waals surface area contributed by atoms with E-state index in [4.69, 9.17) is 14.2 Å². The third-order valence-electron chi connectivity index (χ3n) is 3.28. The molecule has 5 nitrogen and oxygen atoms in total. The van der Waals surface area contributed by atoms with Crippen LogP contribution >= 0.6 is 0 Å². The molecule has 2 unspecified atom stereocenters. The van der Waals surface area contributed by atoms with Crippen molar-refractivity contribution in [1.82, 2.24) is 4.90 Å². The highest BCUT2D eigenvalue weighted by molar-refractivity contribution is 5.68. The molecule has 0 saturated carbocycles. The van der Waals surface area contributed by atoms with Crippen molar-refractivity contribution in [3.8, 4) is 0 Å². The number of methoxy groups -OCH3 is 2. The number of ether oxygens (including phenoxy) is 3. The number of carbonyl (C=O) groups excluding carboxylic acids is 1. The molecule has 0 bridgehead atoms. The molecule has 0 radical (unpaired) electrons. The molecule has 0 aliphatic carbocycles. The molecule has 2 atom stereocenters. The van der Waals surface area contributed by atoms with Crippen molar-refractivity contribution in [1.29, 1.82) is 0 Å². The Balaban J connectivity index is 1.84. The number of nitrogens with zero attached hydrogens (tertiary/aromatic N) is 1. The number of benzene rings is 1. The van der Waals surface area contributed by atoms with Gasteiger partial charge >= 0.3 is 6.09 Å². The molecule has 1 saturated heterocycles. The standard InChI is InChI=1S/C14H19NO4/c1-17-12-8-15(9-13(12)18-2)14(16)19-10-11-6-4-3-5-7-11/h3-7,12-13H,8-10H2,1-2H3. The Kier molecular flexibility index (Phi) is 4.76. The average Bonchev–Trinajstić information content (AvgIpc) is 2.89. The van der Waals surface area contributed by atoms with Crippen LogP contribution in [-0.2, 0) is 20.8 Å². The van der Waals surface area contributed by atoms with Gasteiger partial charge < -0.3 is 19.1 Å². The van der Waals surface area contributed by atoms with Crippen molar-refractivity contribution in [2.24, 2.45) is 0 Å². The van der Waals surface area contributed by atoms with Gasteiger partial charge in [0, 0.05) is 14.2 Å². The lowest BCUT2D eigenvalue weighted by Gasteiger charge is -2.15. The first-order valence-electron chi connectivity index (χ1n) is 6.25. The van der Waals surface area contributed by atoms with Gasteiger partial charge in [-0.25, -0.2) is 4.79 Å². The Hall–Kier alpha value is -1.59. The molecular weight excluding hydrogens is 246 g/mol. The molecule has 19 heavy (non-hydrogen) atoms. The van der Waals surface area contributed by atoms with Gasteiger partial charge in [-0.05, 0) is 5.56 Å². The van der Waals surface area contributed by atoms with E-state index < -0.39 is 0 Å². The SMILES string of the molecule is COC1CN(C(=O)OCc2ccccc2)CC1OC. The monoisotopic (exact) mass is 265 g/mol. The minimum absolute atomic E-state index is 0.0886. The van der Waals surface area contributed by atoms with Crippen LogP contribution in [0.5, 0.6) is 0 Å². The number of likely N-dealkylation sites (tertiary alicyclic amines) is 1. The van der Waals surface area contributed by atoms with Gasteiger partial charge in [0.05, 0.1) is 13.1 Å². The smallest absolute Gasteiger partial charge is 0.410 e. The Morgan fingerprint density at radius 3 is 2.26 bits per heavy atom. The first kappa shape index (κ1) is 13.8. The van der Waals surface area contributed by atoms with Crippen LogP contribution in [-0.4, -0.2) is 50.5 Å². The second-order valence-corrected chi connectivity index (χ2v) is 4.49. The van der Waals surface area contributed by atoms with E-state index in [1.165, 1.54) is 0 Å². The summed E-state index contributed by atoms with van der Waals surface area (Å²) in [6.07, 6.45) is -0.506. The van der Waals surface area contributed by atoms with E-state index in [9.17, 15) is 4.79 Å². The van der Waals surface area contributed by atoms with Crippen LogP contribution in [0.4, 0.5) is 4.79 Å². The summed E-state index contributed by atoms with van der Waals surface area (Å²) in [5, 5.41) is 0. The average molecular weight is 265 g/mol. The molecule has 1 aliphatic heterocycles. The maximum absolute atomic E-state index is 11.9. The van der Waals surface area contributed by atoms with Gasteiger partial charge in [0.25, 0.3) is 0 Å². The Bertz CT molecular complexity index is 397. The number of carbonyl (C=O) groups is 1. The summed E-state index contributed by atoms with van der Waals surface area (Å²) in [6, 6.07) is 9.61. The molecule has 2 rings (SSSR count). The van der Waals surface area contributed by atoms with Gasteiger partial charge in [-0.1, -0.05) is 30.3 Å². The van der Waals surface area contributed by atoms with Crippen LogP contribution < -0.4 is 0 Å². The van der Waals surface area contributed by atoms with Gasteiger partial charge in [0.15, 0.2) is 0 Å². The zero-order chi connectivity index (χ0) is 13.7. The third-order valence-corrected chi connectivity index (χ3v) is 3.28. The van der Waals surface area contributed by atoms with E-state index >= 15 is 0 Å². The van der Waals surface area contributed by atoms with E-state index in [2.05, 4.69) is 0 Å². The second kappa shape index (κ2) is 6.54. The first-order chi connectivity index (χ1) is 9.24. The zero-order valence-electron chi connectivity index (χ0n) is 11.2. The van der Waals surface area contributed by atoms with E-state index in [-0.39, 0.29) is 24.9 Å². The van der Waals surface area contributed by atoms with E-state index in [0.717, 1.165) is 5.56 Å². The summed E-state index contributed by atoms with van der Waals surface area (Å²) in [4.78, 5) is 13.6. The molecule has 1 heterocycles. The topological polar surface area (TPSA) is 48.0 Å². The van der Waals surface area contributed by atoms with Crippen LogP contribution in [0, 0.1) is 0 Å². The maximum atomic E-state index is 11.9. The minimum Gasteiger partial charge on any atom is -0.445 e. The highest BCUT2D eigenvalue weighted by atomic mass is 16.6. The summed E-state index contributed by atoms with van der Waals surface area (Å²) in [6.45, 7) is 1.29. The second-order valence-electron chi connectivity index (χ2n) is 4.49. The largest absolute Gasteiger partial charge is 0.445 e. The fourth-order valence-electron chi connectivity index (χ4n) is 2.16. The predicted molar refractivity (Wildman–Crippen MR) is 69.8 cm³/mol. The lowest BCUT2D eigenvalue weighted by atomic mass is 10.2. The van der Waals surface area contributed by atoms with Gasteiger partial charge in [-0.15, -0.1) is 0 Å². The number of rotatable bonds is 4. The number of amides is 1. The molecule has 1 aromatic rings. The van der Waals surface area contributed by atoms with E-state index in [1.807, 2.05) is 30.3 Å². The highest BCUT2D eigenvalue weighted by Gasteiger charge is 2.36. The zero-order valence-corrected chi connectivity index (χ0v) is 11.2. The maximum Gasteiger partial charge on any atom is 0.410 e. The molecule has 1 aliphatic rings. The Morgan fingerprint density at radius 2 is 1.74 bits per heavy atom. The van der Waals surface area contributed by atoms with Crippen molar-refractivity contribution >= 4 is 6.09 Å². The fourth-order valence-corrected chi connectivity index (χ4v) is 2.16. The summed E-state index contributed by atoms with van der Waals surface area (Å²) in [7, 11) is 3.24. The summed E-state index contributed by atoms with van der Waals surface area (Å²) < 4.78 is 15.8. The van der Waals surface area contributed by atoms with Gasteiger partial charge in [0.2, 0.25) is 0 Å². The predicted octanol–water partition coefficient (Wildman–Crippen LogP) is 1.67. The van der Waals surface area contributed by atoms with E-state index in [0.29, 0.717) is 13.1 Å². The van der Waals surface area contributed by atoms with Crippen molar-refractivity contribution < 1.29 is 19.0 Å². The molecule has 5 heteroatoms. The summed E-state index contributed by atoms with van der Waals surface area (Å²) in [5.41, 5.74) is 0.974. The van der Waals surface area contributed by atoms with Crippen molar-refractivity contribution in [3.63, 3.8) is 0 Å². The first-order valence-corrected chi connectivity index (χ1v) is 6.25. The Labute approximate surface area is 113 Å². The molecule has 0 N–H and O–H groups in total. The summed E-state index contributed by atoms with van der Waals surface area (Å²) >= 11 is 0. The lowest BCUT2D eigenvalue weighted by molar-refractivity contribution is -0.00461. The van der Waals surface area contributed by atoms with Gasteiger partial charge in [0.1, 0.15) is 18.8 Å². The third kappa shape index (κ3) is 3.45. The fraction of sp³-hybridized carbons (Fsp3) is 0.500. The van der Waals surface area contributed by atoms with Crippen molar-refractivity contribution in [2.45, 2.75) is 18.8 Å². The Morgan fingerprint density at radius 1 is 1.16 bits per heavy atom. The van der Waals surface area contributed by atoms with Crippen LogP contribution in [0.15, 0.2) is 30.3 Å². The molecule has 1 aromatic carbocycles. The molecule has 1 fully saturated rings. The van der Waals surface area contributed by atoms with Crippen LogP contribution in [0.3, 0.4) is 0 Å².